The molecule has 0 fully saturated rings. The molecule has 0 radical (unpaired) electrons. The van der Waals surface area contributed by atoms with Gasteiger partial charge in [0.2, 0.25) is 11.6 Å². The maximum absolute atomic E-state index is 12.8. The van der Waals surface area contributed by atoms with E-state index >= 15 is 0 Å². The largest absolute Gasteiger partial charge is 0.460 e. The van der Waals surface area contributed by atoms with Crippen molar-refractivity contribution < 1.29 is 62.3 Å². The summed E-state index contributed by atoms with van der Waals surface area (Å²) >= 11 is 0. The minimum Gasteiger partial charge on any atom is -0.292 e. The maximum atomic E-state index is 12.8. The molecule has 0 amide bonds. The van der Waals surface area contributed by atoms with Crippen LogP contribution in [0.15, 0.2) is 0 Å². The second-order valence-corrected chi connectivity index (χ2v) is 3.74. The molecule has 14 heteroatoms. The summed E-state index contributed by atoms with van der Waals surface area (Å²) in [6.07, 6.45) is -16.2. The first-order valence-corrected chi connectivity index (χ1v) is 4.63. The first kappa shape index (κ1) is 20.5. The summed E-state index contributed by atoms with van der Waals surface area (Å²) in [6, 6.07) is 0. The highest BCUT2D eigenvalue weighted by molar-refractivity contribution is 6.04. The van der Waals surface area contributed by atoms with Crippen molar-refractivity contribution in [2.24, 2.45) is 0 Å². The SMILES string of the molecule is O=C(CC(=O)C(F)(F)C(F)(F)C(F)(F)C(F)(F)F)C(F)(F)F. The number of hydrogen-bond acceptors (Lipinski definition) is 2. The minimum atomic E-state index is -7.43. The second-order valence-electron chi connectivity index (χ2n) is 3.74. The van der Waals surface area contributed by atoms with Gasteiger partial charge in [0.05, 0.1) is 6.42 Å². The average Bonchev–Trinajstić information content (AvgIpc) is 2.25. The summed E-state index contributed by atoms with van der Waals surface area (Å²) < 4.78 is 145. The zero-order valence-electron chi connectivity index (χ0n) is 9.56. The van der Waals surface area contributed by atoms with Crippen LogP contribution in [0.5, 0.6) is 0 Å². The van der Waals surface area contributed by atoms with Crippen molar-refractivity contribution in [2.75, 3.05) is 0 Å². The van der Waals surface area contributed by atoms with E-state index in [2.05, 4.69) is 0 Å². The Hall–Kier alpha value is -1.50. The van der Waals surface area contributed by atoms with Crippen molar-refractivity contribution in [3.8, 4) is 0 Å². The van der Waals surface area contributed by atoms with Crippen LogP contribution in [-0.4, -0.2) is 41.7 Å². The number of carbonyl (C=O) groups is 2. The van der Waals surface area contributed by atoms with Gasteiger partial charge in [-0.3, -0.25) is 9.59 Å². The number of Topliss-reactive ketones (excluding diaryl/α,β-unsaturated/α-hetero) is 2. The van der Waals surface area contributed by atoms with Crippen LogP contribution in [0.1, 0.15) is 6.42 Å². The van der Waals surface area contributed by atoms with Gasteiger partial charge in [0, 0.05) is 0 Å². The molecule has 2 nitrogen and oxygen atoms in total. The molecule has 0 spiro atoms. The van der Waals surface area contributed by atoms with Crippen molar-refractivity contribution in [1.82, 2.24) is 0 Å². The third kappa shape index (κ3) is 3.29. The lowest BCUT2D eigenvalue weighted by molar-refractivity contribution is -0.388. The zero-order chi connectivity index (χ0) is 18.4. The molecule has 0 aliphatic heterocycles. The number of halogens is 12. The van der Waals surface area contributed by atoms with Crippen LogP contribution < -0.4 is 0 Å². The van der Waals surface area contributed by atoms with E-state index in [0.29, 0.717) is 0 Å². The van der Waals surface area contributed by atoms with Gasteiger partial charge in [0.25, 0.3) is 0 Å². The Morgan fingerprint density at radius 1 is 0.591 bits per heavy atom. The van der Waals surface area contributed by atoms with Gasteiger partial charge < -0.3 is 0 Å². The average molecular weight is 358 g/mol. The Kier molecular flexibility index (Phi) is 4.93. The van der Waals surface area contributed by atoms with Gasteiger partial charge >= 0.3 is 30.1 Å². The first-order chi connectivity index (χ1) is 9.30. The molecule has 0 saturated carbocycles. The molecule has 0 saturated heterocycles. The third-order valence-electron chi connectivity index (χ3n) is 2.13. The minimum absolute atomic E-state index is 3.03. The molecule has 0 aliphatic carbocycles. The number of carbonyl (C=O) groups excluding carboxylic acids is 2. The molecular weight excluding hydrogens is 356 g/mol. The van der Waals surface area contributed by atoms with E-state index in [1.54, 1.807) is 0 Å². The Bertz CT molecular complexity index is 457. The lowest BCUT2D eigenvalue weighted by atomic mass is 9.97. The van der Waals surface area contributed by atoms with Crippen LogP contribution in [-0.2, 0) is 9.59 Å². The van der Waals surface area contributed by atoms with Gasteiger partial charge in [-0.15, -0.1) is 0 Å². The summed E-state index contributed by atoms with van der Waals surface area (Å²) in [4.78, 5) is 20.7. The first-order valence-electron chi connectivity index (χ1n) is 4.63. The van der Waals surface area contributed by atoms with Gasteiger partial charge in [-0.1, -0.05) is 0 Å². The molecule has 0 aromatic rings. The van der Waals surface area contributed by atoms with Crippen LogP contribution in [0.2, 0.25) is 0 Å². The van der Waals surface area contributed by atoms with Gasteiger partial charge in [-0.25, -0.2) is 0 Å². The molecule has 0 atom stereocenters. The monoisotopic (exact) mass is 358 g/mol. The fraction of sp³-hybridized carbons (Fsp3) is 0.750. The maximum Gasteiger partial charge on any atom is 0.460 e. The highest BCUT2D eigenvalue weighted by Gasteiger charge is 2.83. The predicted octanol–water partition coefficient (Wildman–Crippen LogP) is 3.55. The van der Waals surface area contributed by atoms with Crippen molar-refractivity contribution >= 4 is 11.6 Å². The number of rotatable bonds is 5. The molecule has 0 aliphatic rings. The lowest BCUT2D eigenvalue weighted by Crippen LogP contribution is -2.63. The van der Waals surface area contributed by atoms with Crippen molar-refractivity contribution in [2.45, 2.75) is 36.5 Å². The third-order valence-corrected chi connectivity index (χ3v) is 2.13. The van der Waals surface area contributed by atoms with Crippen LogP contribution >= 0.6 is 0 Å². The van der Waals surface area contributed by atoms with Crippen molar-refractivity contribution in [1.29, 1.82) is 0 Å². The molecule has 22 heavy (non-hydrogen) atoms. The fourth-order valence-corrected chi connectivity index (χ4v) is 0.907. The smallest absolute Gasteiger partial charge is 0.292 e. The van der Waals surface area contributed by atoms with Gasteiger partial charge in [0.15, 0.2) is 0 Å². The zero-order valence-corrected chi connectivity index (χ0v) is 9.56. The molecule has 0 N–H and O–H groups in total. The molecular formula is C8H2F12O2. The van der Waals surface area contributed by atoms with E-state index < -0.39 is 48.1 Å². The van der Waals surface area contributed by atoms with E-state index in [0.717, 1.165) is 0 Å². The van der Waals surface area contributed by atoms with Gasteiger partial charge in [-0.05, 0) is 0 Å². The number of hydrogen-bond donors (Lipinski definition) is 0. The number of alkyl halides is 12. The molecule has 0 aromatic carbocycles. The highest BCUT2D eigenvalue weighted by Crippen LogP contribution is 2.53. The fourth-order valence-electron chi connectivity index (χ4n) is 0.907. The summed E-state index contributed by atoms with van der Waals surface area (Å²) in [6.45, 7) is 0. The Labute approximate surface area is 112 Å². The molecule has 0 rings (SSSR count). The van der Waals surface area contributed by atoms with E-state index in [1.807, 2.05) is 0 Å². The second kappa shape index (κ2) is 5.30. The van der Waals surface area contributed by atoms with Crippen LogP contribution in [0.25, 0.3) is 0 Å². The molecule has 0 heterocycles. The quantitative estimate of drug-likeness (QED) is 0.557. The summed E-state index contributed by atoms with van der Waals surface area (Å²) in [5, 5.41) is 0. The van der Waals surface area contributed by atoms with Crippen LogP contribution in [0.4, 0.5) is 52.7 Å². The topological polar surface area (TPSA) is 34.1 Å². The van der Waals surface area contributed by atoms with E-state index in [-0.39, 0.29) is 0 Å². The predicted molar refractivity (Wildman–Crippen MR) is 41.6 cm³/mol. The molecule has 0 aromatic heterocycles. The molecule has 0 bridgehead atoms. The van der Waals surface area contributed by atoms with E-state index in [9.17, 15) is 62.3 Å². The standard InChI is InChI=1S/C8H2F12O2/c9-4(10,2(21)1-3(22)5(11,12)13)6(14,15)7(16,17)8(18,19)20/h1H2. The molecule has 130 valence electrons. The van der Waals surface area contributed by atoms with Crippen molar-refractivity contribution in [3.63, 3.8) is 0 Å². The lowest BCUT2D eigenvalue weighted by Gasteiger charge is -2.32. The van der Waals surface area contributed by atoms with Crippen LogP contribution in [0, 0.1) is 0 Å². The Morgan fingerprint density at radius 2 is 0.955 bits per heavy atom. The van der Waals surface area contributed by atoms with Gasteiger partial charge in [-0.2, -0.15) is 52.7 Å². The summed E-state index contributed by atoms with van der Waals surface area (Å²) in [7, 11) is 0. The van der Waals surface area contributed by atoms with E-state index in [1.165, 1.54) is 0 Å². The summed E-state index contributed by atoms with van der Waals surface area (Å²) in [5.74, 6) is -28.7. The normalized spacial score (nSPS) is 14.9. The summed E-state index contributed by atoms with van der Waals surface area (Å²) in [5.41, 5.74) is 0. The Balaban J connectivity index is 5.64. The van der Waals surface area contributed by atoms with Gasteiger partial charge in [0.1, 0.15) is 0 Å². The Morgan fingerprint density at radius 3 is 1.23 bits per heavy atom. The molecule has 0 unspecified atom stereocenters. The van der Waals surface area contributed by atoms with E-state index in [4.69, 9.17) is 0 Å². The van der Waals surface area contributed by atoms with Crippen LogP contribution in [0.3, 0.4) is 0 Å². The highest BCUT2D eigenvalue weighted by atomic mass is 19.4. The number of ketones is 2. The van der Waals surface area contributed by atoms with Crippen molar-refractivity contribution in [3.05, 3.63) is 0 Å².